The predicted molar refractivity (Wildman–Crippen MR) is 94.1 cm³/mol. The van der Waals surface area contributed by atoms with Gasteiger partial charge in [0.2, 0.25) is 5.91 Å². The molecule has 5 nitrogen and oxygen atoms in total. The molecular formula is C20H19N3O2. The van der Waals surface area contributed by atoms with Gasteiger partial charge in [-0.15, -0.1) is 0 Å². The van der Waals surface area contributed by atoms with E-state index in [1.165, 1.54) is 0 Å². The minimum atomic E-state index is -0.754. The average Bonchev–Trinajstić information content (AvgIpc) is 3.12. The van der Waals surface area contributed by atoms with Gasteiger partial charge < -0.3 is 10.2 Å². The highest BCUT2D eigenvalue weighted by molar-refractivity contribution is 6.03. The first-order valence-corrected chi connectivity index (χ1v) is 8.58. The van der Waals surface area contributed by atoms with E-state index in [1.54, 1.807) is 0 Å². The molecule has 3 aliphatic heterocycles. The molecule has 5 rings (SSSR count). The Balaban J connectivity index is 1.91. The van der Waals surface area contributed by atoms with Gasteiger partial charge in [-0.25, -0.2) is 0 Å². The molecule has 2 aromatic rings. The van der Waals surface area contributed by atoms with Gasteiger partial charge in [-0.05, 0) is 37.6 Å². The molecule has 0 saturated carbocycles. The summed E-state index contributed by atoms with van der Waals surface area (Å²) < 4.78 is 0. The second-order valence-electron chi connectivity index (χ2n) is 7.42. The van der Waals surface area contributed by atoms with Crippen LogP contribution in [0.2, 0.25) is 0 Å². The van der Waals surface area contributed by atoms with Crippen LogP contribution in [0.4, 0.5) is 5.69 Å². The molecule has 1 saturated heterocycles. The number of carbonyl (C=O) groups is 2. The van der Waals surface area contributed by atoms with Crippen molar-refractivity contribution in [3.8, 4) is 0 Å². The molecule has 3 heterocycles. The van der Waals surface area contributed by atoms with E-state index in [0.29, 0.717) is 13.1 Å². The van der Waals surface area contributed by atoms with Gasteiger partial charge in [0.1, 0.15) is 0 Å². The minimum absolute atomic E-state index is 0.0419. The number of amides is 2. The number of nitrogens with one attached hydrogen (secondary N) is 1. The number of nitrogens with zero attached hydrogens (tertiary/aromatic N) is 2. The third-order valence-electron chi connectivity index (χ3n) is 5.86. The fourth-order valence-electron chi connectivity index (χ4n) is 4.70. The molecule has 0 aromatic heterocycles. The molecule has 3 aliphatic rings. The molecule has 0 aliphatic carbocycles. The average molecular weight is 333 g/mol. The Hall–Kier alpha value is -2.66. The lowest BCUT2D eigenvalue weighted by atomic mass is 9.84. The Kier molecular flexibility index (Phi) is 2.63. The molecule has 2 amide bonds. The van der Waals surface area contributed by atoms with Crippen molar-refractivity contribution in [1.82, 2.24) is 9.80 Å². The van der Waals surface area contributed by atoms with Gasteiger partial charge in [0.15, 0.2) is 5.66 Å². The van der Waals surface area contributed by atoms with Crippen molar-refractivity contribution in [2.24, 2.45) is 0 Å². The van der Waals surface area contributed by atoms with Crippen LogP contribution in [0.25, 0.3) is 0 Å². The van der Waals surface area contributed by atoms with Crippen LogP contribution in [0.3, 0.4) is 0 Å². The van der Waals surface area contributed by atoms with Gasteiger partial charge in [0.05, 0.1) is 5.54 Å². The predicted octanol–water partition coefficient (Wildman–Crippen LogP) is 2.39. The van der Waals surface area contributed by atoms with Crippen molar-refractivity contribution in [3.63, 3.8) is 0 Å². The first-order chi connectivity index (χ1) is 12.0. The van der Waals surface area contributed by atoms with Crippen LogP contribution in [0.5, 0.6) is 0 Å². The van der Waals surface area contributed by atoms with Crippen LogP contribution in [0.1, 0.15) is 35.3 Å². The number of carbonyl (C=O) groups excluding carboxylic acids is 2. The van der Waals surface area contributed by atoms with E-state index < -0.39 is 11.2 Å². The van der Waals surface area contributed by atoms with Crippen LogP contribution in [0.15, 0.2) is 48.5 Å². The molecule has 5 heteroatoms. The summed E-state index contributed by atoms with van der Waals surface area (Å²) in [6, 6.07) is 15.7. The van der Waals surface area contributed by atoms with E-state index in [9.17, 15) is 9.59 Å². The van der Waals surface area contributed by atoms with Crippen LogP contribution in [-0.2, 0) is 10.5 Å². The van der Waals surface area contributed by atoms with Crippen molar-refractivity contribution in [2.45, 2.75) is 25.0 Å². The zero-order chi connectivity index (χ0) is 17.4. The molecule has 0 radical (unpaired) electrons. The summed E-state index contributed by atoms with van der Waals surface area (Å²) in [4.78, 5) is 30.2. The van der Waals surface area contributed by atoms with E-state index in [4.69, 9.17) is 0 Å². The highest BCUT2D eigenvalue weighted by Crippen LogP contribution is 2.53. The molecular weight excluding hydrogens is 314 g/mol. The van der Waals surface area contributed by atoms with E-state index in [-0.39, 0.29) is 11.8 Å². The quantitative estimate of drug-likeness (QED) is 0.805. The first kappa shape index (κ1) is 14.7. The fourth-order valence-corrected chi connectivity index (χ4v) is 4.70. The summed E-state index contributed by atoms with van der Waals surface area (Å²) in [5.41, 5.74) is 2.02. The number of rotatable bonds is 0. The second-order valence-corrected chi connectivity index (χ2v) is 7.42. The molecule has 1 spiro atoms. The van der Waals surface area contributed by atoms with Crippen molar-refractivity contribution in [1.29, 1.82) is 0 Å². The van der Waals surface area contributed by atoms with Crippen molar-refractivity contribution < 1.29 is 9.59 Å². The largest absolute Gasteiger partial charge is 0.324 e. The lowest BCUT2D eigenvalue weighted by Crippen LogP contribution is -2.62. The molecule has 1 fully saturated rings. The SMILES string of the molecule is CC1(C)C(=O)Nc2cccc(c2)C23c4ccccc4C(=O)N2CCN13. The Morgan fingerprint density at radius 2 is 1.80 bits per heavy atom. The summed E-state index contributed by atoms with van der Waals surface area (Å²) in [6.45, 7) is 5.13. The fraction of sp³-hybridized carbons (Fsp3) is 0.300. The maximum atomic E-state index is 13.1. The Morgan fingerprint density at radius 3 is 2.64 bits per heavy atom. The molecule has 2 aromatic carbocycles. The zero-order valence-electron chi connectivity index (χ0n) is 14.2. The lowest BCUT2D eigenvalue weighted by molar-refractivity contribution is -0.130. The van der Waals surface area contributed by atoms with E-state index in [1.807, 2.05) is 61.2 Å². The van der Waals surface area contributed by atoms with Gasteiger partial charge in [-0.3, -0.25) is 14.5 Å². The summed E-state index contributed by atoms with van der Waals surface area (Å²) in [5.74, 6) is -0.0114. The summed E-state index contributed by atoms with van der Waals surface area (Å²) in [7, 11) is 0. The molecule has 126 valence electrons. The Labute approximate surface area is 146 Å². The van der Waals surface area contributed by atoms with Gasteiger partial charge >= 0.3 is 0 Å². The minimum Gasteiger partial charge on any atom is -0.324 e. The third-order valence-corrected chi connectivity index (χ3v) is 5.86. The monoisotopic (exact) mass is 333 g/mol. The molecule has 1 unspecified atom stereocenters. The van der Waals surface area contributed by atoms with Crippen LogP contribution < -0.4 is 5.32 Å². The molecule has 2 bridgehead atoms. The molecule has 1 N–H and O–H groups in total. The summed E-state index contributed by atoms with van der Waals surface area (Å²) in [6.07, 6.45) is 0. The summed E-state index contributed by atoms with van der Waals surface area (Å²) in [5, 5.41) is 3.01. The van der Waals surface area contributed by atoms with Crippen LogP contribution in [-0.4, -0.2) is 40.2 Å². The number of hydrogen-bond acceptors (Lipinski definition) is 3. The molecule has 25 heavy (non-hydrogen) atoms. The normalized spacial score (nSPS) is 26.4. The number of anilines is 1. The first-order valence-electron chi connectivity index (χ1n) is 8.58. The van der Waals surface area contributed by atoms with Crippen molar-refractivity contribution in [3.05, 3.63) is 65.2 Å². The standard InChI is InChI=1S/C20H19N3O2/c1-19(2)18(25)21-14-7-5-6-13(12-14)20-16-9-4-3-8-15(16)17(24)22(20)10-11-23(19)20/h3-9,12H,10-11H2,1-2H3,(H,21,25). The highest BCUT2D eigenvalue weighted by Gasteiger charge is 2.62. The van der Waals surface area contributed by atoms with Gasteiger partial charge in [-0.2, -0.15) is 0 Å². The van der Waals surface area contributed by atoms with E-state index in [0.717, 1.165) is 22.4 Å². The lowest BCUT2D eigenvalue weighted by Gasteiger charge is -2.48. The van der Waals surface area contributed by atoms with Gasteiger partial charge in [0, 0.05) is 29.9 Å². The smallest absolute Gasteiger partial charge is 0.256 e. The Bertz CT molecular complexity index is 936. The van der Waals surface area contributed by atoms with E-state index >= 15 is 0 Å². The maximum Gasteiger partial charge on any atom is 0.256 e. The van der Waals surface area contributed by atoms with E-state index in [2.05, 4.69) is 16.3 Å². The number of benzene rings is 2. The second kappa shape index (κ2) is 4.49. The Morgan fingerprint density at radius 1 is 1.00 bits per heavy atom. The number of hydrogen-bond donors (Lipinski definition) is 1. The van der Waals surface area contributed by atoms with Crippen molar-refractivity contribution >= 4 is 17.5 Å². The summed E-state index contributed by atoms with van der Waals surface area (Å²) >= 11 is 0. The zero-order valence-corrected chi connectivity index (χ0v) is 14.2. The third kappa shape index (κ3) is 1.57. The maximum absolute atomic E-state index is 13.1. The van der Waals surface area contributed by atoms with Gasteiger partial charge in [0.25, 0.3) is 5.91 Å². The van der Waals surface area contributed by atoms with Crippen molar-refractivity contribution in [2.75, 3.05) is 18.4 Å². The van der Waals surface area contributed by atoms with Crippen LogP contribution >= 0.6 is 0 Å². The number of fused-ring (bicyclic) bond motifs is 3. The highest BCUT2D eigenvalue weighted by atomic mass is 16.2. The molecule has 1 atom stereocenters. The van der Waals surface area contributed by atoms with Gasteiger partial charge in [-0.1, -0.05) is 30.3 Å². The van der Waals surface area contributed by atoms with Crippen LogP contribution in [0, 0.1) is 0 Å². The topological polar surface area (TPSA) is 52.7 Å².